The van der Waals surface area contributed by atoms with Crippen LogP contribution in [0.4, 0.5) is 15.5 Å². The van der Waals surface area contributed by atoms with Crippen molar-refractivity contribution < 1.29 is 4.79 Å². The standard InChI is InChI=1S/C18H15ClN2OS/c1-12-3-2-4-13(11-12)16-9-10-17(23-16)21-18(22)20-15-7-5-14(19)6-8-15/h2-11H,1H3,(H2,20,21,22). The fourth-order valence-electron chi connectivity index (χ4n) is 2.17. The molecule has 1 aromatic heterocycles. The highest BCUT2D eigenvalue weighted by molar-refractivity contribution is 7.19. The molecule has 23 heavy (non-hydrogen) atoms. The summed E-state index contributed by atoms with van der Waals surface area (Å²) in [4.78, 5) is 13.1. The number of carbonyl (C=O) groups excluding carboxylic acids is 1. The third-order valence-electron chi connectivity index (χ3n) is 3.25. The molecule has 3 aromatic rings. The van der Waals surface area contributed by atoms with Crippen LogP contribution in [0.25, 0.3) is 10.4 Å². The quantitative estimate of drug-likeness (QED) is 0.600. The summed E-state index contributed by atoms with van der Waals surface area (Å²) in [7, 11) is 0. The zero-order valence-electron chi connectivity index (χ0n) is 12.5. The minimum atomic E-state index is -0.273. The third-order valence-corrected chi connectivity index (χ3v) is 4.55. The van der Waals surface area contributed by atoms with Crippen LogP contribution >= 0.6 is 22.9 Å². The molecule has 3 nitrogen and oxygen atoms in total. The number of benzene rings is 2. The van der Waals surface area contributed by atoms with Crippen LogP contribution < -0.4 is 10.6 Å². The molecule has 0 saturated heterocycles. The lowest BCUT2D eigenvalue weighted by Crippen LogP contribution is -2.18. The minimum Gasteiger partial charge on any atom is -0.308 e. The first-order valence-corrected chi connectivity index (χ1v) is 8.30. The number of carbonyl (C=O) groups is 1. The van der Waals surface area contributed by atoms with E-state index >= 15 is 0 Å². The Morgan fingerprint density at radius 1 is 1.00 bits per heavy atom. The Kier molecular flexibility index (Phi) is 4.65. The molecular weight excluding hydrogens is 328 g/mol. The highest BCUT2D eigenvalue weighted by Crippen LogP contribution is 2.31. The zero-order chi connectivity index (χ0) is 16.2. The van der Waals surface area contributed by atoms with Crippen LogP contribution in [0.2, 0.25) is 5.02 Å². The molecule has 0 bridgehead atoms. The number of urea groups is 1. The SMILES string of the molecule is Cc1cccc(-c2ccc(NC(=O)Nc3ccc(Cl)cc3)s2)c1. The molecule has 2 amide bonds. The Hall–Kier alpha value is -2.30. The van der Waals surface area contributed by atoms with Gasteiger partial charge in [-0.1, -0.05) is 41.4 Å². The summed E-state index contributed by atoms with van der Waals surface area (Å²) < 4.78 is 0. The third kappa shape index (κ3) is 4.12. The van der Waals surface area contributed by atoms with Crippen molar-refractivity contribution in [2.75, 3.05) is 10.6 Å². The van der Waals surface area contributed by atoms with Crippen LogP contribution in [0.15, 0.2) is 60.7 Å². The molecular formula is C18H15ClN2OS. The van der Waals surface area contributed by atoms with E-state index in [0.717, 1.165) is 15.4 Å². The van der Waals surface area contributed by atoms with Gasteiger partial charge in [0, 0.05) is 15.6 Å². The van der Waals surface area contributed by atoms with Gasteiger partial charge in [-0.2, -0.15) is 0 Å². The summed E-state index contributed by atoms with van der Waals surface area (Å²) >= 11 is 7.37. The Labute approximate surface area is 143 Å². The number of halogens is 1. The molecule has 0 aliphatic rings. The second kappa shape index (κ2) is 6.86. The largest absolute Gasteiger partial charge is 0.324 e. The zero-order valence-corrected chi connectivity index (χ0v) is 14.0. The number of hydrogen-bond donors (Lipinski definition) is 2. The summed E-state index contributed by atoms with van der Waals surface area (Å²) in [5, 5.41) is 7.05. The Bertz CT molecular complexity index is 827. The van der Waals surface area contributed by atoms with Crippen LogP contribution in [0, 0.1) is 6.92 Å². The molecule has 5 heteroatoms. The number of thiophene rings is 1. The second-order valence-electron chi connectivity index (χ2n) is 5.12. The van der Waals surface area contributed by atoms with E-state index < -0.39 is 0 Å². The Balaban J connectivity index is 1.66. The monoisotopic (exact) mass is 342 g/mol. The molecule has 2 N–H and O–H groups in total. The summed E-state index contributed by atoms with van der Waals surface area (Å²) in [6.07, 6.45) is 0. The van der Waals surface area contributed by atoms with E-state index in [1.54, 1.807) is 35.6 Å². The Morgan fingerprint density at radius 3 is 2.52 bits per heavy atom. The van der Waals surface area contributed by atoms with Gasteiger partial charge in [0.25, 0.3) is 0 Å². The number of rotatable bonds is 3. The molecule has 0 atom stereocenters. The van der Waals surface area contributed by atoms with Crippen molar-refractivity contribution >= 4 is 39.7 Å². The first kappa shape index (κ1) is 15.6. The normalized spacial score (nSPS) is 10.3. The van der Waals surface area contributed by atoms with Crippen molar-refractivity contribution in [3.8, 4) is 10.4 Å². The van der Waals surface area contributed by atoms with Gasteiger partial charge in [-0.05, 0) is 48.9 Å². The predicted molar refractivity (Wildman–Crippen MR) is 98.6 cm³/mol. The predicted octanol–water partition coefficient (Wildman–Crippen LogP) is 6.02. The van der Waals surface area contributed by atoms with Crippen LogP contribution in [-0.2, 0) is 0 Å². The van der Waals surface area contributed by atoms with Gasteiger partial charge in [0.2, 0.25) is 0 Å². The molecule has 0 aliphatic carbocycles. The van der Waals surface area contributed by atoms with Crippen LogP contribution in [-0.4, -0.2) is 6.03 Å². The Morgan fingerprint density at radius 2 is 1.78 bits per heavy atom. The molecule has 3 rings (SSSR count). The molecule has 0 saturated carbocycles. The molecule has 0 fully saturated rings. The van der Waals surface area contributed by atoms with Crippen molar-refractivity contribution in [2.45, 2.75) is 6.92 Å². The first-order valence-electron chi connectivity index (χ1n) is 7.10. The molecule has 0 aliphatic heterocycles. The second-order valence-corrected chi connectivity index (χ2v) is 6.64. The fourth-order valence-corrected chi connectivity index (χ4v) is 3.19. The average Bonchev–Trinajstić information content (AvgIpc) is 2.98. The maximum atomic E-state index is 12.0. The van der Waals surface area contributed by atoms with Gasteiger partial charge in [0.15, 0.2) is 0 Å². The molecule has 116 valence electrons. The highest BCUT2D eigenvalue weighted by atomic mass is 35.5. The number of nitrogens with one attached hydrogen (secondary N) is 2. The summed E-state index contributed by atoms with van der Waals surface area (Å²) in [6.45, 7) is 2.07. The molecule has 2 aromatic carbocycles. The van der Waals surface area contributed by atoms with E-state index in [-0.39, 0.29) is 6.03 Å². The van der Waals surface area contributed by atoms with Crippen LogP contribution in [0.5, 0.6) is 0 Å². The van der Waals surface area contributed by atoms with Gasteiger partial charge in [0.05, 0.1) is 5.00 Å². The van der Waals surface area contributed by atoms with Crippen molar-refractivity contribution in [3.05, 3.63) is 71.2 Å². The number of aryl methyl sites for hydroxylation is 1. The molecule has 0 unspecified atom stereocenters. The number of hydrogen-bond acceptors (Lipinski definition) is 2. The molecule has 0 radical (unpaired) electrons. The van der Waals surface area contributed by atoms with Gasteiger partial charge in [-0.25, -0.2) is 4.79 Å². The average molecular weight is 343 g/mol. The molecule has 1 heterocycles. The number of amides is 2. The van der Waals surface area contributed by atoms with Gasteiger partial charge in [0.1, 0.15) is 0 Å². The van der Waals surface area contributed by atoms with Crippen molar-refractivity contribution in [2.24, 2.45) is 0 Å². The van der Waals surface area contributed by atoms with E-state index in [2.05, 4.69) is 35.8 Å². The lowest BCUT2D eigenvalue weighted by Gasteiger charge is -2.05. The highest BCUT2D eigenvalue weighted by Gasteiger charge is 2.07. The van der Waals surface area contributed by atoms with E-state index in [1.165, 1.54) is 5.56 Å². The van der Waals surface area contributed by atoms with Gasteiger partial charge in [-0.3, -0.25) is 5.32 Å². The lowest BCUT2D eigenvalue weighted by atomic mass is 10.1. The van der Waals surface area contributed by atoms with E-state index in [0.29, 0.717) is 10.7 Å². The smallest absolute Gasteiger partial charge is 0.308 e. The van der Waals surface area contributed by atoms with E-state index in [9.17, 15) is 4.79 Å². The molecule has 0 spiro atoms. The van der Waals surface area contributed by atoms with Gasteiger partial charge in [-0.15, -0.1) is 11.3 Å². The topological polar surface area (TPSA) is 41.1 Å². The van der Waals surface area contributed by atoms with E-state index in [4.69, 9.17) is 11.6 Å². The first-order chi connectivity index (χ1) is 11.1. The van der Waals surface area contributed by atoms with Crippen LogP contribution in [0.3, 0.4) is 0 Å². The van der Waals surface area contributed by atoms with Crippen molar-refractivity contribution in [3.63, 3.8) is 0 Å². The summed E-state index contributed by atoms with van der Waals surface area (Å²) in [5.74, 6) is 0. The lowest BCUT2D eigenvalue weighted by molar-refractivity contribution is 0.262. The maximum Gasteiger partial charge on any atom is 0.324 e. The maximum absolute atomic E-state index is 12.0. The van der Waals surface area contributed by atoms with Crippen molar-refractivity contribution in [1.29, 1.82) is 0 Å². The number of anilines is 2. The van der Waals surface area contributed by atoms with Gasteiger partial charge < -0.3 is 5.32 Å². The van der Waals surface area contributed by atoms with E-state index in [1.807, 2.05) is 18.2 Å². The minimum absolute atomic E-state index is 0.273. The van der Waals surface area contributed by atoms with Crippen molar-refractivity contribution in [1.82, 2.24) is 0 Å². The van der Waals surface area contributed by atoms with Crippen LogP contribution in [0.1, 0.15) is 5.56 Å². The fraction of sp³-hybridized carbons (Fsp3) is 0.0556. The summed E-state index contributed by atoms with van der Waals surface area (Å²) in [6, 6.07) is 18.9. The van der Waals surface area contributed by atoms with Gasteiger partial charge >= 0.3 is 6.03 Å². The summed E-state index contributed by atoms with van der Waals surface area (Å²) in [5.41, 5.74) is 3.06.